The summed E-state index contributed by atoms with van der Waals surface area (Å²) in [5, 5.41) is -2.72. The van der Waals surface area contributed by atoms with Crippen LogP contribution in [0.1, 0.15) is 0 Å². The van der Waals surface area contributed by atoms with Crippen molar-refractivity contribution in [2.75, 3.05) is 0 Å². The molecular weight excluding hydrogens is 351 g/mol. The smallest absolute Gasteiger partial charge is 0.110 e. The van der Waals surface area contributed by atoms with Crippen molar-refractivity contribution in [3.63, 3.8) is 0 Å². The van der Waals surface area contributed by atoms with Gasteiger partial charge < -0.3 is 0 Å². The predicted octanol–water partition coefficient (Wildman–Crippen LogP) is 2.37. The molecule has 37 valence electrons. The summed E-state index contributed by atoms with van der Waals surface area (Å²) < 4.78 is 0. The number of halogens is 4. The van der Waals surface area contributed by atoms with E-state index in [-0.39, 0.29) is 22.4 Å². The van der Waals surface area contributed by atoms with E-state index in [4.69, 9.17) is 44.3 Å². The first-order valence-corrected chi connectivity index (χ1v) is 6.80. The van der Waals surface area contributed by atoms with E-state index in [0.29, 0.717) is 0 Å². The Balaban J connectivity index is 0. The molecule has 0 rings (SSSR count). The van der Waals surface area contributed by atoms with Gasteiger partial charge in [0.15, 0.2) is 0 Å². The molecule has 0 aromatic rings. The first-order valence-electron chi connectivity index (χ1n) is 0.756. The third kappa shape index (κ3) is 35.7. The maximum Gasteiger partial charge on any atom is 0.440 e. The van der Waals surface area contributed by atoms with Crippen molar-refractivity contribution in [1.29, 1.82) is 0 Å². The van der Waals surface area contributed by atoms with Gasteiger partial charge in [0.2, 0.25) is 0 Å². The van der Waals surface area contributed by atoms with Gasteiger partial charge >= 0.3 is 5.31 Å². The van der Waals surface area contributed by atoms with Gasteiger partial charge in [-0.2, -0.15) is 0 Å². The summed E-state index contributed by atoms with van der Waals surface area (Å²) in [7, 11) is 0. The molecule has 0 fully saturated rings. The van der Waals surface area contributed by atoms with Gasteiger partial charge in [-0.1, -0.05) is 0 Å². The van der Waals surface area contributed by atoms with Crippen LogP contribution < -0.4 is 0 Å². The first kappa shape index (κ1) is 11.0. The van der Waals surface area contributed by atoms with Gasteiger partial charge in [0, 0.05) is 22.4 Å². The summed E-state index contributed by atoms with van der Waals surface area (Å²) in [5.74, 6) is 0. The maximum atomic E-state index is 4.97. The van der Waals surface area contributed by atoms with Gasteiger partial charge in [-0.25, -0.2) is 0 Å². The average molecular weight is 351 g/mol. The monoisotopic (exact) mass is 349 g/mol. The molecule has 0 heterocycles. The molecule has 0 N–H and O–H groups in total. The predicted molar refractivity (Wildman–Crippen MR) is 29.2 cm³/mol. The Morgan fingerprint density at radius 3 is 0.833 bits per heavy atom. The summed E-state index contributed by atoms with van der Waals surface area (Å²) >= 11 is 19.9. The SMILES string of the molecule is Cl[Si](Cl)(Cl)Cl.[Ta]. The Kier molecular flexibility index (Phi) is 7.40. The zero-order chi connectivity index (χ0) is 4.50. The second kappa shape index (κ2) is 4.04. The van der Waals surface area contributed by atoms with Crippen LogP contribution in [0.5, 0.6) is 0 Å². The van der Waals surface area contributed by atoms with Gasteiger partial charge in [0.05, 0.1) is 0 Å². The minimum Gasteiger partial charge on any atom is -0.110 e. The molecule has 0 aliphatic rings. The molecule has 0 saturated heterocycles. The van der Waals surface area contributed by atoms with Gasteiger partial charge in [-0.15, -0.1) is 44.3 Å². The average Bonchev–Trinajstić information content (AvgIpc) is 0.722. The van der Waals surface area contributed by atoms with Gasteiger partial charge in [-0.3, -0.25) is 0 Å². The van der Waals surface area contributed by atoms with Crippen LogP contribution in [0, 0.1) is 0 Å². The van der Waals surface area contributed by atoms with Crippen LogP contribution in [0.4, 0.5) is 0 Å². The summed E-state index contributed by atoms with van der Waals surface area (Å²) in [6.07, 6.45) is 0. The van der Waals surface area contributed by atoms with Gasteiger partial charge in [0.25, 0.3) is 0 Å². The van der Waals surface area contributed by atoms with E-state index >= 15 is 0 Å². The number of hydrogen-bond donors (Lipinski definition) is 0. The molecule has 1 radical (unpaired) electrons. The van der Waals surface area contributed by atoms with Crippen LogP contribution in [-0.2, 0) is 22.4 Å². The van der Waals surface area contributed by atoms with Crippen molar-refractivity contribution >= 4 is 49.6 Å². The topological polar surface area (TPSA) is 0 Å². The normalized spacial score (nSPS) is 10.0. The molecule has 0 aliphatic heterocycles. The Hall–Kier alpha value is 2.12. The molecule has 0 saturated carbocycles. The van der Waals surface area contributed by atoms with Gasteiger partial charge in [0.1, 0.15) is 0 Å². The van der Waals surface area contributed by atoms with Crippen LogP contribution in [-0.4, -0.2) is 5.31 Å². The fraction of sp³-hybridized carbons (Fsp3) is 0. The maximum absolute atomic E-state index is 4.97. The summed E-state index contributed by atoms with van der Waals surface area (Å²) in [6, 6.07) is 0. The van der Waals surface area contributed by atoms with E-state index in [2.05, 4.69) is 0 Å². The zero-order valence-electron chi connectivity index (χ0n) is 2.46. The van der Waals surface area contributed by atoms with E-state index in [1.165, 1.54) is 0 Å². The third-order valence-corrected chi connectivity index (χ3v) is 0. The quantitative estimate of drug-likeness (QED) is 0.465. The van der Waals surface area contributed by atoms with Crippen LogP contribution in [0.15, 0.2) is 0 Å². The van der Waals surface area contributed by atoms with Crippen molar-refractivity contribution in [2.24, 2.45) is 0 Å². The summed E-state index contributed by atoms with van der Waals surface area (Å²) in [6.45, 7) is 0. The largest absolute Gasteiger partial charge is 0.440 e. The van der Waals surface area contributed by atoms with Crippen molar-refractivity contribution in [3.8, 4) is 0 Å². The zero-order valence-corrected chi connectivity index (χ0v) is 9.70. The van der Waals surface area contributed by atoms with Gasteiger partial charge in [-0.05, 0) is 0 Å². The molecule has 6 heavy (non-hydrogen) atoms. The molecule has 0 aromatic heterocycles. The van der Waals surface area contributed by atoms with E-state index in [9.17, 15) is 0 Å². The summed E-state index contributed by atoms with van der Waals surface area (Å²) in [5.41, 5.74) is 0. The van der Waals surface area contributed by atoms with E-state index < -0.39 is 5.31 Å². The molecule has 6 heteroatoms. The molecule has 0 atom stereocenters. The molecular formula is Cl4SiTa. The van der Waals surface area contributed by atoms with Crippen molar-refractivity contribution in [3.05, 3.63) is 0 Å². The fourth-order valence-electron chi connectivity index (χ4n) is 0. The van der Waals surface area contributed by atoms with Crippen molar-refractivity contribution in [1.82, 2.24) is 0 Å². The molecule has 0 aliphatic carbocycles. The molecule has 0 unspecified atom stereocenters. The van der Waals surface area contributed by atoms with Crippen molar-refractivity contribution < 1.29 is 22.4 Å². The van der Waals surface area contributed by atoms with Crippen LogP contribution in [0.25, 0.3) is 0 Å². The second-order valence-electron chi connectivity index (χ2n) is 0.429. The van der Waals surface area contributed by atoms with E-state index in [1.54, 1.807) is 0 Å². The van der Waals surface area contributed by atoms with Crippen LogP contribution in [0.2, 0.25) is 0 Å². The molecule has 0 nitrogen and oxygen atoms in total. The second-order valence-corrected chi connectivity index (χ2v) is 11.6. The minimum atomic E-state index is -2.72. The van der Waals surface area contributed by atoms with Crippen LogP contribution in [0.3, 0.4) is 0 Å². The standard InChI is InChI=1S/Cl4Si.Ta/c1-5(2,3)4;. The van der Waals surface area contributed by atoms with Crippen LogP contribution >= 0.6 is 44.3 Å². The molecule has 0 bridgehead atoms. The Bertz CT molecular complexity index is 23.0. The third-order valence-electron chi connectivity index (χ3n) is 0. The Labute approximate surface area is 71.4 Å². The Morgan fingerprint density at radius 2 is 0.833 bits per heavy atom. The summed E-state index contributed by atoms with van der Waals surface area (Å²) in [4.78, 5) is 0. The van der Waals surface area contributed by atoms with E-state index in [1.807, 2.05) is 0 Å². The first-order chi connectivity index (χ1) is 2.00. The fourth-order valence-corrected chi connectivity index (χ4v) is 0. The molecule has 0 aromatic carbocycles. The van der Waals surface area contributed by atoms with E-state index in [0.717, 1.165) is 0 Å². The molecule has 0 amide bonds. The number of rotatable bonds is 0. The van der Waals surface area contributed by atoms with Crippen molar-refractivity contribution in [2.45, 2.75) is 0 Å². The Morgan fingerprint density at radius 1 is 0.833 bits per heavy atom. The number of hydrogen-bond acceptors (Lipinski definition) is 0. The minimum absolute atomic E-state index is 0. The molecule has 0 spiro atoms.